The summed E-state index contributed by atoms with van der Waals surface area (Å²) in [5, 5.41) is 0. The summed E-state index contributed by atoms with van der Waals surface area (Å²) in [6.07, 6.45) is 2.63. The molecule has 0 bridgehead atoms. The molecule has 2 rings (SSSR count). The Morgan fingerprint density at radius 2 is 2.24 bits per heavy atom. The molecule has 0 saturated heterocycles. The van der Waals surface area contributed by atoms with Gasteiger partial charge < -0.3 is 15.2 Å². The van der Waals surface area contributed by atoms with E-state index in [1.165, 1.54) is 5.56 Å². The third-order valence-electron chi connectivity index (χ3n) is 3.92. The molecule has 4 nitrogen and oxygen atoms in total. The van der Waals surface area contributed by atoms with E-state index in [4.69, 9.17) is 15.2 Å². The van der Waals surface area contributed by atoms with Gasteiger partial charge >= 0.3 is 5.97 Å². The van der Waals surface area contributed by atoms with Crippen LogP contribution in [0.3, 0.4) is 0 Å². The van der Waals surface area contributed by atoms with Crippen LogP contribution in [0, 0.1) is 5.41 Å². The SMILES string of the molecule is CCOC(=O)C(C)(C)CC(N)c1ccc2c(c1)CCCO2. The Hall–Kier alpha value is -1.55. The van der Waals surface area contributed by atoms with Gasteiger partial charge in [0.2, 0.25) is 0 Å². The minimum Gasteiger partial charge on any atom is -0.493 e. The van der Waals surface area contributed by atoms with Crippen LogP contribution in [0.4, 0.5) is 0 Å². The molecule has 0 radical (unpaired) electrons. The van der Waals surface area contributed by atoms with Crippen LogP contribution in [0.5, 0.6) is 5.75 Å². The van der Waals surface area contributed by atoms with Crippen molar-refractivity contribution in [1.82, 2.24) is 0 Å². The van der Waals surface area contributed by atoms with Gasteiger partial charge in [-0.05, 0) is 57.2 Å². The topological polar surface area (TPSA) is 61.5 Å². The first-order valence-electron chi connectivity index (χ1n) is 7.62. The van der Waals surface area contributed by atoms with E-state index in [0.29, 0.717) is 13.0 Å². The first-order chi connectivity index (χ1) is 9.94. The number of ether oxygens (including phenoxy) is 2. The van der Waals surface area contributed by atoms with Crippen molar-refractivity contribution >= 4 is 5.97 Å². The van der Waals surface area contributed by atoms with Crippen LogP contribution in [0.25, 0.3) is 0 Å². The Kier molecular flexibility index (Phi) is 4.88. The standard InChI is InChI=1S/C17H25NO3/c1-4-20-16(19)17(2,3)11-14(18)12-7-8-15-13(10-12)6-5-9-21-15/h7-8,10,14H,4-6,9,11,18H2,1-3H3. The maximum absolute atomic E-state index is 12.0. The zero-order valence-corrected chi connectivity index (χ0v) is 13.1. The van der Waals surface area contributed by atoms with Gasteiger partial charge in [0.05, 0.1) is 18.6 Å². The Morgan fingerprint density at radius 3 is 2.95 bits per heavy atom. The van der Waals surface area contributed by atoms with Gasteiger partial charge in [-0.25, -0.2) is 0 Å². The molecule has 0 aliphatic carbocycles. The number of hydrogen-bond donors (Lipinski definition) is 1. The fourth-order valence-electron chi connectivity index (χ4n) is 2.69. The maximum atomic E-state index is 12.0. The van der Waals surface area contributed by atoms with E-state index < -0.39 is 5.41 Å². The molecular formula is C17H25NO3. The van der Waals surface area contributed by atoms with Crippen LogP contribution in [-0.4, -0.2) is 19.2 Å². The molecule has 21 heavy (non-hydrogen) atoms. The lowest BCUT2D eigenvalue weighted by atomic mass is 9.83. The highest BCUT2D eigenvalue weighted by Gasteiger charge is 2.32. The van der Waals surface area contributed by atoms with Crippen molar-refractivity contribution in [2.75, 3.05) is 13.2 Å². The van der Waals surface area contributed by atoms with Gasteiger partial charge in [-0.15, -0.1) is 0 Å². The molecule has 1 atom stereocenters. The van der Waals surface area contributed by atoms with Gasteiger partial charge in [-0.3, -0.25) is 4.79 Å². The Morgan fingerprint density at radius 1 is 1.48 bits per heavy atom. The predicted octanol–water partition coefficient (Wildman–Crippen LogP) is 2.99. The summed E-state index contributed by atoms with van der Waals surface area (Å²) < 4.78 is 10.7. The highest BCUT2D eigenvalue weighted by Crippen LogP contribution is 2.33. The van der Waals surface area contributed by atoms with Gasteiger partial charge in [-0.2, -0.15) is 0 Å². The van der Waals surface area contributed by atoms with Crippen LogP contribution < -0.4 is 10.5 Å². The van der Waals surface area contributed by atoms with Crippen LogP contribution in [0.2, 0.25) is 0 Å². The highest BCUT2D eigenvalue weighted by molar-refractivity contribution is 5.76. The highest BCUT2D eigenvalue weighted by atomic mass is 16.5. The smallest absolute Gasteiger partial charge is 0.311 e. The molecule has 4 heteroatoms. The van der Waals surface area contributed by atoms with Crippen LogP contribution in [-0.2, 0) is 16.0 Å². The Labute approximate surface area is 126 Å². The van der Waals surface area contributed by atoms with Gasteiger partial charge in [0.25, 0.3) is 0 Å². The zero-order chi connectivity index (χ0) is 15.5. The van der Waals surface area contributed by atoms with E-state index in [0.717, 1.165) is 30.8 Å². The first kappa shape index (κ1) is 15.8. The average molecular weight is 291 g/mol. The number of carbonyl (C=O) groups excluding carboxylic acids is 1. The minimum atomic E-state index is -0.582. The molecule has 1 unspecified atom stereocenters. The van der Waals surface area contributed by atoms with Gasteiger partial charge in [0.15, 0.2) is 0 Å². The molecule has 0 fully saturated rings. The Balaban J connectivity index is 2.09. The number of esters is 1. The predicted molar refractivity (Wildman–Crippen MR) is 82.2 cm³/mol. The summed E-state index contributed by atoms with van der Waals surface area (Å²) in [5.41, 5.74) is 7.98. The van der Waals surface area contributed by atoms with Crippen molar-refractivity contribution in [2.45, 2.75) is 46.1 Å². The lowest BCUT2D eigenvalue weighted by Crippen LogP contribution is -2.31. The largest absolute Gasteiger partial charge is 0.493 e. The summed E-state index contributed by atoms with van der Waals surface area (Å²) in [5.74, 6) is 0.767. The average Bonchev–Trinajstić information content (AvgIpc) is 2.46. The summed E-state index contributed by atoms with van der Waals surface area (Å²) in [7, 11) is 0. The van der Waals surface area contributed by atoms with Gasteiger partial charge in [0.1, 0.15) is 5.75 Å². The second-order valence-corrected chi connectivity index (χ2v) is 6.23. The Bertz CT molecular complexity index is 511. The molecule has 1 aromatic rings. The van der Waals surface area contributed by atoms with E-state index in [-0.39, 0.29) is 12.0 Å². The van der Waals surface area contributed by atoms with E-state index >= 15 is 0 Å². The number of nitrogens with two attached hydrogens (primary N) is 1. The molecule has 2 N–H and O–H groups in total. The van der Waals surface area contributed by atoms with Crippen molar-refractivity contribution in [3.8, 4) is 5.75 Å². The monoisotopic (exact) mass is 291 g/mol. The lowest BCUT2D eigenvalue weighted by molar-refractivity contribution is -0.154. The van der Waals surface area contributed by atoms with Crippen molar-refractivity contribution in [3.05, 3.63) is 29.3 Å². The maximum Gasteiger partial charge on any atom is 0.311 e. The lowest BCUT2D eigenvalue weighted by Gasteiger charge is -2.27. The molecule has 1 aromatic carbocycles. The molecule has 0 amide bonds. The van der Waals surface area contributed by atoms with Gasteiger partial charge in [0, 0.05) is 6.04 Å². The molecule has 1 heterocycles. The fraction of sp³-hybridized carbons (Fsp3) is 0.588. The van der Waals surface area contributed by atoms with Crippen molar-refractivity contribution in [1.29, 1.82) is 0 Å². The van der Waals surface area contributed by atoms with Crippen molar-refractivity contribution in [3.63, 3.8) is 0 Å². The quantitative estimate of drug-likeness (QED) is 0.847. The summed E-state index contributed by atoms with van der Waals surface area (Å²) in [6.45, 7) is 6.76. The van der Waals surface area contributed by atoms with E-state index in [2.05, 4.69) is 6.07 Å². The molecule has 116 valence electrons. The number of carbonyl (C=O) groups is 1. The molecule has 0 saturated carbocycles. The third-order valence-corrected chi connectivity index (χ3v) is 3.92. The number of hydrogen-bond acceptors (Lipinski definition) is 4. The summed E-state index contributed by atoms with van der Waals surface area (Å²) in [4.78, 5) is 12.0. The summed E-state index contributed by atoms with van der Waals surface area (Å²) >= 11 is 0. The molecular weight excluding hydrogens is 266 g/mol. The van der Waals surface area contributed by atoms with E-state index in [1.807, 2.05) is 32.9 Å². The molecule has 0 spiro atoms. The molecule has 1 aliphatic heterocycles. The first-order valence-corrected chi connectivity index (χ1v) is 7.62. The van der Waals surface area contributed by atoms with Gasteiger partial charge in [-0.1, -0.05) is 12.1 Å². The second kappa shape index (κ2) is 6.48. The normalized spacial score (nSPS) is 15.8. The van der Waals surface area contributed by atoms with E-state index in [1.54, 1.807) is 0 Å². The molecule has 1 aliphatic rings. The zero-order valence-electron chi connectivity index (χ0n) is 13.1. The fourth-order valence-corrected chi connectivity index (χ4v) is 2.69. The van der Waals surface area contributed by atoms with Crippen LogP contribution in [0.15, 0.2) is 18.2 Å². The second-order valence-electron chi connectivity index (χ2n) is 6.23. The summed E-state index contributed by atoms with van der Waals surface area (Å²) in [6, 6.07) is 5.91. The number of benzene rings is 1. The number of fused-ring (bicyclic) bond motifs is 1. The van der Waals surface area contributed by atoms with Crippen molar-refractivity contribution < 1.29 is 14.3 Å². The molecule has 0 aromatic heterocycles. The van der Waals surface area contributed by atoms with Crippen LogP contribution >= 0.6 is 0 Å². The van der Waals surface area contributed by atoms with Crippen molar-refractivity contribution in [2.24, 2.45) is 11.1 Å². The third kappa shape index (κ3) is 3.76. The number of aryl methyl sites for hydroxylation is 1. The minimum absolute atomic E-state index is 0.184. The number of rotatable bonds is 5. The van der Waals surface area contributed by atoms with E-state index in [9.17, 15) is 4.79 Å². The van der Waals surface area contributed by atoms with Crippen LogP contribution in [0.1, 0.15) is 50.8 Å².